The minimum atomic E-state index is -0.326. The lowest BCUT2D eigenvalue weighted by Crippen LogP contribution is -2.07. The Morgan fingerprint density at radius 3 is 3.00 bits per heavy atom. The van der Waals surface area contributed by atoms with Gasteiger partial charge in [-0.25, -0.2) is 4.39 Å². The van der Waals surface area contributed by atoms with Crippen LogP contribution in [0.1, 0.15) is 18.5 Å². The molecular weight excluding hydrogens is 243 g/mol. The molecule has 1 aromatic carbocycles. The summed E-state index contributed by atoms with van der Waals surface area (Å²) in [7, 11) is 0. The van der Waals surface area contributed by atoms with E-state index in [-0.39, 0.29) is 11.9 Å². The van der Waals surface area contributed by atoms with E-state index in [0.717, 1.165) is 22.2 Å². The average molecular weight is 256 g/mol. The third-order valence-electron chi connectivity index (χ3n) is 3.08. The van der Waals surface area contributed by atoms with Gasteiger partial charge in [-0.2, -0.15) is 5.10 Å². The molecule has 0 fully saturated rings. The normalized spacial score (nSPS) is 12.5. The predicted molar refractivity (Wildman–Crippen MR) is 72.3 cm³/mol. The zero-order valence-electron chi connectivity index (χ0n) is 10.4. The Kier molecular flexibility index (Phi) is 2.87. The topological polar surface area (TPSA) is 53.6 Å². The van der Waals surface area contributed by atoms with Gasteiger partial charge in [0.1, 0.15) is 5.82 Å². The highest BCUT2D eigenvalue weighted by Crippen LogP contribution is 2.25. The van der Waals surface area contributed by atoms with E-state index >= 15 is 0 Å². The molecule has 1 unspecified atom stereocenters. The molecule has 4 nitrogen and oxygen atoms in total. The van der Waals surface area contributed by atoms with Gasteiger partial charge in [-0.15, -0.1) is 0 Å². The predicted octanol–water partition coefficient (Wildman–Crippen LogP) is 3.27. The van der Waals surface area contributed by atoms with Crippen molar-refractivity contribution in [3.8, 4) is 0 Å². The molecular formula is C14H13FN4. The molecule has 0 amide bonds. The van der Waals surface area contributed by atoms with Gasteiger partial charge in [-0.1, -0.05) is 6.07 Å². The van der Waals surface area contributed by atoms with Crippen LogP contribution in [0.2, 0.25) is 0 Å². The molecule has 0 bridgehead atoms. The monoisotopic (exact) mass is 256 g/mol. The Morgan fingerprint density at radius 2 is 2.16 bits per heavy atom. The first-order valence-electron chi connectivity index (χ1n) is 6.03. The Labute approximate surface area is 109 Å². The van der Waals surface area contributed by atoms with Gasteiger partial charge in [0.25, 0.3) is 0 Å². The summed E-state index contributed by atoms with van der Waals surface area (Å²) in [5.74, 6) is -0.326. The highest BCUT2D eigenvalue weighted by molar-refractivity contribution is 5.90. The van der Waals surface area contributed by atoms with Crippen LogP contribution in [0.25, 0.3) is 10.9 Å². The van der Waals surface area contributed by atoms with Crippen LogP contribution in [0.3, 0.4) is 0 Å². The number of nitrogens with zero attached hydrogens (tertiary/aromatic N) is 2. The quantitative estimate of drug-likeness (QED) is 0.756. The van der Waals surface area contributed by atoms with Gasteiger partial charge in [0, 0.05) is 17.3 Å². The molecule has 1 atom stereocenters. The van der Waals surface area contributed by atoms with Crippen LogP contribution < -0.4 is 5.32 Å². The maximum Gasteiger partial charge on any atom is 0.141 e. The molecule has 0 aliphatic carbocycles. The Hall–Kier alpha value is -2.43. The molecule has 19 heavy (non-hydrogen) atoms. The molecule has 96 valence electrons. The van der Waals surface area contributed by atoms with Gasteiger partial charge >= 0.3 is 0 Å². The zero-order chi connectivity index (χ0) is 13.2. The van der Waals surface area contributed by atoms with Crippen LogP contribution in [0, 0.1) is 5.82 Å². The van der Waals surface area contributed by atoms with E-state index in [1.54, 1.807) is 12.4 Å². The number of hydrogen-bond acceptors (Lipinski definition) is 3. The molecule has 0 saturated carbocycles. The number of benzene rings is 1. The summed E-state index contributed by atoms with van der Waals surface area (Å²) in [6.07, 6.45) is 4.64. The minimum absolute atomic E-state index is 0.0382. The highest BCUT2D eigenvalue weighted by Gasteiger charge is 2.09. The fourth-order valence-electron chi connectivity index (χ4n) is 2.08. The molecule has 2 heterocycles. The van der Waals surface area contributed by atoms with E-state index in [1.807, 2.05) is 25.1 Å². The summed E-state index contributed by atoms with van der Waals surface area (Å²) in [6, 6.07) is 7.33. The zero-order valence-corrected chi connectivity index (χ0v) is 10.4. The van der Waals surface area contributed by atoms with Crippen LogP contribution in [0.4, 0.5) is 10.1 Å². The summed E-state index contributed by atoms with van der Waals surface area (Å²) in [5, 5.41) is 11.3. The number of nitrogens with one attached hydrogen (secondary N) is 2. The maximum atomic E-state index is 13.2. The Bertz CT molecular complexity index is 707. The molecule has 5 heteroatoms. The molecule has 0 radical (unpaired) electrons. The van der Waals surface area contributed by atoms with Gasteiger partial charge < -0.3 is 5.32 Å². The first-order valence-corrected chi connectivity index (χ1v) is 6.03. The van der Waals surface area contributed by atoms with Crippen molar-refractivity contribution in [3.63, 3.8) is 0 Å². The van der Waals surface area contributed by atoms with Gasteiger partial charge in [-0.05, 0) is 30.7 Å². The number of rotatable bonds is 3. The summed E-state index contributed by atoms with van der Waals surface area (Å²) < 4.78 is 13.2. The number of fused-ring (bicyclic) bond motifs is 1. The average Bonchev–Trinajstić information content (AvgIpc) is 2.88. The number of H-pyrrole nitrogens is 1. The summed E-state index contributed by atoms with van der Waals surface area (Å²) in [5.41, 5.74) is 2.73. The van der Waals surface area contributed by atoms with Crippen LogP contribution in [-0.2, 0) is 0 Å². The number of hydrogen-bond donors (Lipinski definition) is 2. The van der Waals surface area contributed by atoms with E-state index < -0.39 is 0 Å². The summed E-state index contributed by atoms with van der Waals surface area (Å²) in [4.78, 5) is 3.87. The van der Waals surface area contributed by atoms with E-state index in [9.17, 15) is 4.39 Å². The fourth-order valence-corrected chi connectivity index (χ4v) is 2.08. The minimum Gasteiger partial charge on any atom is -0.378 e. The van der Waals surface area contributed by atoms with E-state index in [2.05, 4.69) is 20.5 Å². The van der Waals surface area contributed by atoms with Crippen molar-refractivity contribution in [2.24, 2.45) is 0 Å². The van der Waals surface area contributed by atoms with Crippen molar-refractivity contribution in [1.82, 2.24) is 15.2 Å². The third kappa shape index (κ3) is 2.27. The fraction of sp³-hybridized carbons (Fsp3) is 0.143. The lowest BCUT2D eigenvalue weighted by Gasteiger charge is -2.16. The number of aromatic nitrogens is 3. The Balaban J connectivity index is 1.90. The van der Waals surface area contributed by atoms with Gasteiger partial charge in [0.05, 0.1) is 24.0 Å². The Morgan fingerprint density at radius 1 is 1.26 bits per heavy atom. The molecule has 0 saturated heterocycles. The lowest BCUT2D eigenvalue weighted by molar-refractivity contribution is 0.616. The van der Waals surface area contributed by atoms with E-state index in [0.29, 0.717) is 0 Å². The van der Waals surface area contributed by atoms with Crippen LogP contribution in [-0.4, -0.2) is 15.2 Å². The number of aromatic amines is 1. The second-order valence-corrected chi connectivity index (χ2v) is 4.44. The third-order valence-corrected chi connectivity index (χ3v) is 3.08. The first kappa shape index (κ1) is 11.6. The van der Waals surface area contributed by atoms with Crippen molar-refractivity contribution in [2.75, 3.05) is 5.32 Å². The number of anilines is 1. The van der Waals surface area contributed by atoms with Crippen molar-refractivity contribution in [2.45, 2.75) is 13.0 Å². The summed E-state index contributed by atoms with van der Waals surface area (Å²) in [6.45, 7) is 1.97. The SMILES string of the molecule is CC(Nc1cccc2[nH]ncc12)c1cncc(F)c1. The first-order chi connectivity index (χ1) is 9.24. The number of halogens is 1. The molecule has 0 aliphatic rings. The van der Waals surface area contributed by atoms with Gasteiger partial charge in [0.2, 0.25) is 0 Å². The molecule has 2 aromatic heterocycles. The standard InChI is InChI=1S/C14H13FN4/c1-9(10-5-11(15)7-16-6-10)18-13-3-2-4-14-12(13)8-17-19-14/h2-9,18H,1H3,(H,17,19). The largest absolute Gasteiger partial charge is 0.378 e. The van der Waals surface area contributed by atoms with Crippen LogP contribution in [0.15, 0.2) is 42.9 Å². The van der Waals surface area contributed by atoms with Gasteiger partial charge in [-0.3, -0.25) is 10.1 Å². The number of pyridine rings is 1. The van der Waals surface area contributed by atoms with Crippen LogP contribution in [0.5, 0.6) is 0 Å². The molecule has 3 aromatic rings. The van der Waals surface area contributed by atoms with Crippen molar-refractivity contribution in [3.05, 3.63) is 54.2 Å². The smallest absolute Gasteiger partial charge is 0.141 e. The van der Waals surface area contributed by atoms with Crippen LogP contribution >= 0.6 is 0 Å². The van der Waals surface area contributed by atoms with E-state index in [4.69, 9.17) is 0 Å². The molecule has 2 N–H and O–H groups in total. The van der Waals surface area contributed by atoms with Crippen molar-refractivity contribution in [1.29, 1.82) is 0 Å². The molecule has 0 spiro atoms. The molecule has 0 aliphatic heterocycles. The van der Waals surface area contributed by atoms with Crippen molar-refractivity contribution >= 4 is 16.6 Å². The van der Waals surface area contributed by atoms with Crippen molar-refractivity contribution < 1.29 is 4.39 Å². The lowest BCUT2D eigenvalue weighted by atomic mass is 10.1. The summed E-state index contributed by atoms with van der Waals surface area (Å²) >= 11 is 0. The second kappa shape index (κ2) is 4.68. The van der Waals surface area contributed by atoms with Gasteiger partial charge in [0.15, 0.2) is 0 Å². The van der Waals surface area contributed by atoms with E-state index in [1.165, 1.54) is 12.3 Å². The second-order valence-electron chi connectivity index (χ2n) is 4.44. The highest BCUT2D eigenvalue weighted by atomic mass is 19.1. The molecule has 3 rings (SSSR count). The maximum absolute atomic E-state index is 13.2.